The van der Waals surface area contributed by atoms with Crippen molar-refractivity contribution in [2.24, 2.45) is 0 Å². The van der Waals surface area contributed by atoms with Crippen molar-refractivity contribution in [1.29, 1.82) is 0 Å². The first kappa shape index (κ1) is 10.1. The molecule has 80 valence electrons. The molecule has 4 heteroatoms. The molecule has 0 radical (unpaired) electrons. The summed E-state index contributed by atoms with van der Waals surface area (Å²) in [5, 5.41) is 2.71. The minimum absolute atomic E-state index is 0.0827. The molecule has 0 spiro atoms. The predicted octanol–water partition coefficient (Wildman–Crippen LogP) is 1.16. The number of carbonyl (C=O) groups excluding carboxylic acids is 1. The Balaban J connectivity index is 2.45. The first-order valence-electron chi connectivity index (χ1n) is 4.86. The Labute approximate surface area is 87.2 Å². The van der Waals surface area contributed by atoms with E-state index in [2.05, 4.69) is 5.32 Å². The highest BCUT2D eigenvalue weighted by Gasteiger charge is 2.23. The third-order valence-electron chi connectivity index (χ3n) is 2.42. The second-order valence-electron chi connectivity index (χ2n) is 3.46. The SMILES string of the molecule is CNCC(=O)c1c(F)ccc2c1OCC2. The summed E-state index contributed by atoms with van der Waals surface area (Å²) in [4.78, 5) is 11.6. The predicted molar refractivity (Wildman–Crippen MR) is 53.9 cm³/mol. The number of hydrogen-bond donors (Lipinski definition) is 1. The molecule has 15 heavy (non-hydrogen) atoms. The monoisotopic (exact) mass is 209 g/mol. The number of hydrogen-bond acceptors (Lipinski definition) is 3. The van der Waals surface area contributed by atoms with Crippen molar-refractivity contribution >= 4 is 5.78 Å². The number of Topliss-reactive ketones (excluding diaryl/α,β-unsaturated/α-hetero) is 1. The average Bonchev–Trinajstić information content (AvgIpc) is 2.65. The van der Waals surface area contributed by atoms with Gasteiger partial charge in [-0.2, -0.15) is 0 Å². The third kappa shape index (κ3) is 1.72. The largest absolute Gasteiger partial charge is 0.492 e. The van der Waals surface area contributed by atoms with Gasteiger partial charge >= 0.3 is 0 Å². The summed E-state index contributed by atoms with van der Waals surface area (Å²) < 4.78 is 18.8. The smallest absolute Gasteiger partial charge is 0.183 e. The first-order valence-corrected chi connectivity index (χ1v) is 4.86. The maximum atomic E-state index is 13.5. The van der Waals surface area contributed by atoms with Crippen molar-refractivity contribution in [3.05, 3.63) is 29.1 Å². The second-order valence-corrected chi connectivity index (χ2v) is 3.46. The van der Waals surface area contributed by atoms with Crippen LogP contribution < -0.4 is 10.1 Å². The molecule has 0 aliphatic carbocycles. The lowest BCUT2D eigenvalue weighted by molar-refractivity contribution is 0.0986. The highest BCUT2D eigenvalue weighted by Crippen LogP contribution is 2.31. The van der Waals surface area contributed by atoms with Crippen LogP contribution in [-0.2, 0) is 6.42 Å². The fourth-order valence-corrected chi connectivity index (χ4v) is 1.74. The van der Waals surface area contributed by atoms with E-state index in [1.54, 1.807) is 13.1 Å². The van der Waals surface area contributed by atoms with Gasteiger partial charge in [0.1, 0.15) is 11.6 Å². The van der Waals surface area contributed by atoms with E-state index in [-0.39, 0.29) is 17.9 Å². The van der Waals surface area contributed by atoms with Crippen molar-refractivity contribution in [1.82, 2.24) is 5.32 Å². The topological polar surface area (TPSA) is 38.3 Å². The normalized spacial score (nSPS) is 13.5. The first-order chi connectivity index (χ1) is 7.24. The van der Waals surface area contributed by atoms with Gasteiger partial charge in [0.2, 0.25) is 0 Å². The molecule has 1 aromatic carbocycles. The zero-order valence-corrected chi connectivity index (χ0v) is 8.47. The maximum absolute atomic E-state index is 13.5. The van der Waals surface area contributed by atoms with Gasteiger partial charge in [0, 0.05) is 6.42 Å². The minimum atomic E-state index is -0.504. The quantitative estimate of drug-likeness (QED) is 0.759. The van der Waals surface area contributed by atoms with Gasteiger partial charge < -0.3 is 10.1 Å². The number of nitrogens with one attached hydrogen (secondary N) is 1. The van der Waals surface area contributed by atoms with Gasteiger partial charge in [0.25, 0.3) is 0 Å². The van der Waals surface area contributed by atoms with Gasteiger partial charge in [0.15, 0.2) is 5.78 Å². The Bertz CT molecular complexity index is 404. The van der Waals surface area contributed by atoms with Crippen LogP contribution in [0.3, 0.4) is 0 Å². The Morgan fingerprint density at radius 2 is 2.40 bits per heavy atom. The van der Waals surface area contributed by atoms with Crippen molar-refractivity contribution in [3.63, 3.8) is 0 Å². The molecule has 0 saturated carbocycles. The zero-order chi connectivity index (χ0) is 10.8. The summed E-state index contributed by atoms with van der Waals surface area (Å²) in [5.74, 6) is -0.347. The van der Waals surface area contributed by atoms with Gasteiger partial charge in [-0.15, -0.1) is 0 Å². The van der Waals surface area contributed by atoms with Crippen molar-refractivity contribution in [3.8, 4) is 5.75 Å². The van der Waals surface area contributed by atoms with Gasteiger partial charge in [-0.25, -0.2) is 4.39 Å². The van der Waals surface area contributed by atoms with Crippen LogP contribution >= 0.6 is 0 Å². The number of carbonyl (C=O) groups is 1. The fourth-order valence-electron chi connectivity index (χ4n) is 1.74. The second kappa shape index (κ2) is 3.98. The molecule has 0 aromatic heterocycles. The number of halogens is 1. The molecule has 1 heterocycles. The van der Waals surface area contributed by atoms with Crippen LogP contribution in [0, 0.1) is 5.82 Å². The molecule has 1 aliphatic rings. The van der Waals surface area contributed by atoms with Gasteiger partial charge in [-0.1, -0.05) is 6.07 Å². The Hall–Kier alpha value is -1.42. The van der Waals surface area contributed by atoms with Crippen LogP contribution in [0.5, 0.6) is 5.75 Å². The standard InChI is InChI=1S/C11H12FNO2/c1-13-6-9(14)10-8(12)3-2-7-4-5-15-11(7)10/h2-3,13H,4-6H2,1H3. The van der Waals surface area contributed by atoms with E-state index >= 15 is 0 Å². The minimum Gasteiger partial charge on any atom is -0.492 e. The van der Waals surface area contributed by atoms with Crippen molar-refractivity contribution < 1.29 is 13.9 Å². The van der Waals surface area contributed by atoms with E-state index in [0.29, 0.717) is 12.4 Å². The summed E-state index contributed by atoms with van der Waals surface area (Å²) in [6.07, 6.45) is 0.745. The van der Waals surface area contributed by atoms with Crippen LogP contribution in [0.25, 0.3) is 0 Å². The molecule has 0 amide bonds. The van der Waals surface area contributed by atoms with Crippen LogP contribution in [0.2, 0.25) is 0 Å². The van der Waals surface area contributed by atoms with Crippen LogP contribution in [0.15, 0.2) is 12.1 Å². The lowest BCUT2D eigenvalue weighted by atomic mass is 10.0. The Morgan fingerprint density at radius 3 is 3.13 bits per heavy atom. The molecule has 0 fully saturated rings. The fraction of sp³-hybridized carbons (Fsp3) is 0.364. The molecule has 0 bridgehead atoms. The number of likely N-dealkylation sites (N-methyl/N-ethyl adjacent to an activating group) is 1. The third-order valence-corrected chi connectivity index (χ3v) is 2.42. The zero-order valence-electron chi connectivity index (χ0n) is 8.47. The van der Waals surface area contributed by atoms with Crippen LogP contribution in [0.1, 0.15) is 15.9 Å². The Kier molecular flexibility index (Phi) is 2.68. The number of benzene rings is 1. The molecule has 1 N–H and O–H groups in total. The number of ketones is 1. The molecule has 0 saturated heterocycles. The molecule has 3 nitrogen and oxygen atoms in total. The highest BCUT2D eigenvalue weighted by atomic mass is 19.1. The molecule has 0 unspecified atom stereocenters. The van der Waals surface area contributed by atoms with E-state index < -0.39 is 5.82 Å². The summed E-state index contributed by atoms with van der Waals surface area (Å²) in [5.41, 5.74) is 0.996. The van der Waals surface area contributed by atoms with E-state index in [1.165, 1.54) is 6.07 Å². The summed E-state index contributed by atoms with van der Waals surface area (Å²) >= 11 is 0. The maximum Gasteiger partial charge on any atom is 0.183 e. The van der Waals surface area contributed by atoms with E-state index in [4.69, 9.17) is 4.74 Å². The molecule has 1 aliphatic heterocycles. The van der Waals surface area contributed by atoms with Crippen LogP contribution in [0.4, 0.5) is 4.39 Å². The molecular formula is C11H12FNO2. The van der Waals surface area contributed by atoms with Gasteiger partial charge in [-0.05, 0) is 18.7 Å². The molecule has 0 atom stereocenters. The van der Waals surface area contributed by atoms with Crippen LogP contribution in [-0.4, -0.2) is 26.0 Å². The lowest BCUT2D eigenvalue weighted by Crippen LogP contribution is -2.20. The van der Waals surface area contributed by atoms with Gasteiger partial charge in [-0.3, -0.25) is 4.79 Å². The van der Waals surface area contributed by atoms with E-state index in [9.17, 15) is 9.18 Å². The number of ether oxygens (including phenoxy) is 1. The van der Waals surface area contributed by atoms with E-state index in [1.807, 2.05) is 0 Å². The number of rotatable bonds is 3. The van der Waals surface area contributed by atoms with Gasteiger partial charge in [0.05, 0.1) is 18.7 Å². The molecule has 1 aromatic rings. The summed E-state index contributed by atoms with van der Waals surface area (Å²) in [6.45, 7) is 0.648. The summed E-state index contributed by atoms with van der Waals surface area (Å²) in [6, 6.07) is 3.00. The van der Waals surface area contributed by atoms with Crippen molar-refractivity contribution in [2.75, 3.05) is 20.2 Å². The number of fused-ring (bicyclic) bond motifs is 1. The lowest BCUT2D eigenvalue weighted by Gasteiger charge is -2.07. The molecule has 2 rings (SSSR count). The van der Waals surface area contributed by atoms with E-state index in [0.717, 1.165) is 12.0 Å². The molecular weight excluding hydrogens is 197 g/mol. The highest BCUT2D eigenvalue weighted by molar-refractivity contribution is 6.00. The summed E-state index contributed by atoms with van der Waals surface area (Å²) in [7, 11) is 1.65. The Morgan fingerprint density at radius 1 is 1.60 bits per heavy atom. The average molecular weight is 209 g/mol. The van der Waals surface area contributed by atoms with Crippen molar-refractivity contribution in [2.45, 2.75) is 6.42 Å².